The van der Waals surface area contributed by atoms with Gasteiger partial charge in [0.1, 0.15) is 0 Å². The van der Waals surface area contributed by atoms with E-state index in [1.807, 2.05) is 0 Å². The molecule has 0 spiro atoms. The number of hydrogen-bond acceptors (Lipinski definition) is 2. The summed E-state index contributed by atoms with van der Waals surface area (Å²) in [6, 6.07) is 0.691. The van der Waals surface area contributed by atoms with Crippen molar-refractivity contribution in [1.29, 1.82) is 0 Å². The number of rotatable bonds is 4. The van der Waals surface area contributed by atoms with E-state index in [4.69, 9.17) is 0 Å². The fraction of sp³-hybridized carbons (Fsp3) is 1.00. The van der Waals surface area contributed by atoms with Gasteiger partial charge in [-0.1, -0.05) is 20.8 Å². The normalized spacial score (nSPS) is 22.3. The third-order valence-electron chi connectivity index (χ3n) is 3.81. The standard InChI is InChI=1S/C14H30N2/c1-12(15-9-8-14(2,3)4)13-6-10-16(5)11-7-13/h12-13,15H,6-11H2,1-5H3. The lowest BCUT2D eigenvalue weighted by Crippen LogP contribution is -2.41. The van der Waals surface area contributed by atoms with Gasteiger partial charge >= 0.3 is 0 Å². The molecule has 2 heteroatoms. The van der Waals surface area contributed by atoms with E-state index < -0.39 is 0 Å². The van der Waals surface area contributed by atoms with Crippen LogP contribution in [0.1, 0.15) is 47.0 Å². The van der Waals surface area contributed by atoms with Crippen LogP contribution in [-0.4, -0.2) is 37.6 Å². The van der Waals surface area contributed by atoms with E-state index >= 15 is 0 Å². The van der Waals surface area contributed by atoms with Crippen LogP contribution >= 0.6 is 0 Å². The minimum Gasteiger partial charge on any atom is -0.314 e. The summed E-state index contributed by atoms with van der Waals surface area (Å²) in [7, 11) is 2.23. The van der Waals surface area contributed by atoms with Gasteiger partial charge in [-0.15, -0.1) is 0 Å². The van der Waals surface area contributed by atoms with Crippen molar-refractivity contribution < 1.29 is 0 Å². The van der Waals surface area contributed by atoms with Crippen molar-refractivity contribution >= 4 is 0 Å². The van der Waals surface area contributed by atoms with E-state index in [9.17, 15) is 0 Å². The molecule has 1 unspecified atom stereocenters. The molecule has 0 aromatic heterocycles. The molecule has 96 valence electrons. The molecule has 0 saturated carbocycles. The topological polar surface area (TPSA) is 15.3 Å². The molecule has 1 N–H and O–H groups in total. The van der Waals surface area contributed by atoms with E-state index in [2.05, 4.69) is 45.0 Å². The molecule has 2 nitrogen and oxygen atoms in total. The summed E-state index contributed by atoms with van der Waals surface area (Å²) in [6.07, 6.45) is 3.99. The second-order valence-electron chi connectivity index (χ2n) is 6.69. The molecule has 1 saturated heterocycles. The second kappa shape index (κ2) is 6.02. The zero-order valence-corrected chi connectivity index (χ0v) is 11.8. The lowest BCUT2D eigenvalue weighted by molar-refractivity contribution is 0.187. The van der Waals surface area contributed by atoms with Gasteiger partial charge in [0, 0.05) is 6.04 Å². The van der Waals surface area contributed by atoms with E-state index in [1.165, 1.54) is 32.4 Å². The van der Waals surface area contributed by atoms with Gasteiger partial charge < -0.3 is 10.2 Å². The van der Waals surface area contributed by atoms with Gasteiger partial charge in [-0.3, -0.25) is 0 Å². The Labute approximate surface area is 102 Å². The Kier molecular flexibility index (Phi) is 5.26. The fourth-order valence-corrected chi connectivity index (χ4v) is 2.37. The maximum Gasteiger partial charge on any atom is 0.00679 e. The van der Waals surface area contributed by atoms with E-state index in [0.29, 0.717) is 11.5 Å². The summed E-state index contributed by atoms with van der Waals surface area (Å²) >= 11 is 0. The third-order valence-corrected chi connectivity index (χ3v) is 3.81. The second-order valence-corrected chi connectivity index (χ2v) is 6.69. The zero-order chi connectivity index (χ0) is 12.2. The minimum atomic E-state index is 0.458. The molecule has 0 aromatic rings. The molecule has 16 heavy (non-hydrogen) atoms. The summed E-state index contributed by atoms with van der Waals surface area (Å²) in [6.45, 7) is 13.0. The molecule has 1 rings (SSSR count). The predicted molar refractivity (Wildman–Crippen MR) is 71.8 cm³/mol. The van der Waals surface area contributed by atoms with Crippen LogP contribution in [0.3, 0.4) is 0 Å². The Morgan fingerprint density at radius 2 is 1.81 bits per heavy atom. The van der Waals surface area contributed by atoms with Crippen LogP contribution in [0.5, 0.6) is 0 Å². The highest BCUT2D eigenvalue weighted by Gasteiger charge is 2.22. The Balaban J connectivity index is 2.17. The maximum absolute atomic E-state index is 3.71. The van der Waals surface area contributed by atoms with Crippen molar-refractivity contribution in [2.24, 2.45) is 11.3 Å². The van der Waals surface area contributed by atoms with Gasteiger partial charge in [-0.05, 0) is 64.2 Å². The maximum atomic E-state index is 3.71. The van der Waals surface area contributed by atoms with Crippen LogP contribution in [0.15, 0.2) is 0 Å². The van der Waals surface area contributed by atoms with Gasteiger partial charge in [0.2, 0.25) is 0 Å². The number of hydrogen-bond donors (Lipinski definition) is 1. The first-order valence-electron chi connectivity index (χ1n) is 6.80. The highest BCUT2D eigenvalue weighted by Crippen LogP contribution is 2.21. The Hall–Kier alpha value is -0.0800. The molecule has 0 aromatic carbocycles. The molecule has 1 heterocycles. The lowest BCUT2D eigenvalue weighted by Gasteiger charge is -2.33. The van der Waals surface area contributed by atoms with E-state index in [-0.39, 0.29) is 0 Å². The number of piperidine rings is 1. The van der Waals surface area contributed by atoms with Crippen LogP contribution < -0.4 is 5.32 Å². The molecule has 0 amide bonds. The molecule has 0 aliphatic carbocycles. The minimum absolute atomic E-state index is 0.458. The smallest absolute Gasteiger partial charge is 0.00679 e. The summed E-state index contributed by atoms with van der Waals surface area (Å²) in [4.78, 5) is 2.44. The van der Waals surface area contributed by atoms with Crippen molar-refractivity contribution in [3.63, 3.8) is 0 Å². The average molecular weight is 226 g/mol. The van der Waals surface area contributed by atoms with Crippen LogP contribution in [0.2, 0.25) is 0 Å². The van der Waals surface area contributed by atoms with Crippen molar-refractivity contribution in [2.45, 2.75) is 53.0 Å². The number of nitrogens with zero attached hydrogens (tertiary/aromatic N) is 1. The van der Waals surface area contributed by atoms with Crippen LogP contribution in [-0.2, 0) is 0 Å². The Morgan fingerprint density at radius 1 is 1.25 bits per heavy atom. The predicted octanol–water partition coefficient (Wildman–Crippen LogP) is 2.74. The molecular weight excluding hydrogens is 196 g/mol. The first-order chi connectivity index (χ1) is 7.38. The van der Waals surface area contributed by atoms with Gasteiger partial charge in [0.15, 0.2) is 0 Å². The third kappa shape index (κ3) is 5.31. The highest BCUT2D eigenvalue weighted by atomic mass is 15.1. The van der Waals surface area contributed by atoms with E-state index in [1.54, 1.807) is 0 Å². The first-order valence-corrected chi connectivity index (χ1v) is 6.80. The van der Waals surface area contributed by atoms with Crippen LogP contribution in [0, 0.1) is 11.3 Å². The van der Waals surface area contributed by atoms with Crippen molar-refractivity contribution in [2.75, 3.05) is 26.7 Å². The van der Waals surface area contributed by atoms with Crippen LogP contribution in [0.25, 0.3) is 0 Å². The molecular formula is C14H30N2. The SMILES string of the molecule is CC(NCCC(C)(C)C)C1CCN(C)CC1. The lowest BCUT2D eigenvalue weighted by atomic mass is 9.89. The van der Waals surface area contributed by atoms with Crippen LogP contribution in [0.4, 0.5) is 0 Å². The highest BCUT2D eigenvalue weighted by molar-refractivity contribution is 4.78. The first kappa shape index (κ1) is 14.0. The number of likely N-dealkylation sites (tertiary alicyclic amines) is 1. The van der Waals surface area contributed by atoms with E-state index in [0.717, 1.165) is 12.5 Å². The zero-order valence-electron chi connectivity index (χ0n) is 11.8. The summed E-state index contributed by atoms with van der Waals surface area (Å²) in [5, 5.41) is 3.71. The Bertz CT molecular complexity index is 187. The molecule has 0 radical (unpaired) electrons. The molecule has 1 aliphatic heterocycles. The van der Waals surface area contributed by atoms with Gasteiger partial charge in [0.05, 0.1) is 0 Å². The van der Waals surface area contributed by atoms with Gasteiger partial charge in [-0.2, -0.15) is 0 Å². The van der Waals surface area contributed by atoms with Gasteiger partial charge in [-0.25, -0.2) is 0 Å². The van der Waals surface area contributed by atoms with Gasteiger partial charge in [0.25, 0.3) is 0 Å². The summed E-state index contributed by atoms with van der Waals surface area (Å²) in [5.41, 5.74) is 0.458. The Morgan fingerprint density at radius 3 is 2.31 bits per heavy atom. The number of nitrogens with one attached hydrogen (secondary N) is 1. The monoisotopic (exact) mass is 226 g/mol. The average Bonchev–Trinajstić information content (AvgIpc) is 2.16. The fourth-order valence-electron chi connectivity index (χ4n) is 2.37. The summed E-state index contributed by atoms with van der Waals surface area (Å²) in [5.74, 6) is 0.885. The van der Waals surface area contributed by atoms with Crippen molar-refractivity contribution in [3.8, 4) is 0 Å². The van der Waals surface area contributed by atoms with Crippen molar-refractivity contribution in [3.05, 3.63) is 0 Å². The summed E-state index contributed by atoms with van der Waals surface area (Å²) < 4.78 is 0. The quantitative estimate of drug-likeness (QED) is 0.793. The molecule has 1 fully saturated rings. The largest absolute Gasteiger partial charge is 0.314 e. The van der Waals surface area contributed by atoms with Crippen molar-refractivity contribution in [1.82, 2.24) is 10.2 Å². The molecule has 1 atom stereocenters. The molecule has 1 aliphatic rings. The molecule has 0 bridgehead atoms.